The van der Waals surface area contributed by atoms with Crippen molar-refractivity contribution in [3.8, 4) is 0 Å². The molecule has 0 unspecified atom stereocenters. The zero-order chi connectivity index (χ0) is 23.4. The number of hydrogen-bond acceptors (Lipinski definition) is 0. The van der Waals surface area contributed by atoms with Crippen molar-refractivity contribution in [2.75, 3.05) is 18.5 Å². The number of benzene rings is 2. The quantitative estimate of drug-likeness (QED) is 0.221. The molecule has 31 heavy (non-hydrogen) atoms. The Hall–Kier alpha value is -0.479. The van der Waals surface area contributed by atoms with E-state index in [1.807, 2.05) is 0 Å². The van der Waals surface area contributed by atoms with Gasteiger partial charge in [-0.2, -0.15) is 0 Å². The van der Waals surface area contributed by atoms with E-state index in [1.54, 1.807) is 10.6 Å². The second-order valence-corrected chi connectivity index (χ2v) is 36.2. The van der Waals surface area contributed by atoms with Crippen LogP contribution in [0.3, 0.4) is 0 Å². The molecule has 0 amide bonds. The molecule has 0 aliphatic heterocycles. The first-order valence-electron chi connectivity index (χ1n) is 12.3. The summed E-state index contributed by atoms with van der Waals surface area (Å²) in [7, 11) is -3.52. The number of hydrogen-bond donors (Lipinski definition) is 0. The zero-order valence-corrected chi connectivity index (χ0v) is 25.9. The van der Waals surface area contributed by atoms with Gasteiger partial charge in [0.15, 0.2) is 0 Å². The fourth-order valence-corrected chi connectivity index (χ4v) is 23.7. The molecule has 0 atom stereocenters. The molecule has 0 fully saturated rings. The molecule has 0 N–H and O–H groups in total. The summed E-state index contributed by atoms with van der Waals surface area (Å²) in [6, 6.07) is 28.1. The van der Waals surface area contributed by atoms with Crippen molar-refractivity contribution in [2.24, 2.45) is 0 Å². The summed E-state index contributed by atoms with van der Waals surface area (Å²) in [6.45, 7) is 20.8. The van der Waals surface area contributed by atoms with Gasteiger partial charge in [-0.05, 0) is 0 Å². The van der Waals surface area contributed by atoms with Gasteiger partial charge in [0.25, 0.3) is 0 Å². The van der Waals surface area contributed by atoms with Crippen molar-refractivity contribution >= 4 is 41.4 Å². The molecular weight excluding hydrogens is 440 g/mol. The van der Waals surface area contributed by atoms with E-state index in [4.69, 9.17) is 0 Å². The van der Waals surface area contributed by atoms with Gasteiger partial charge in [-0.25, -0.2) is 0 Å². The first-order chi connectivity index (χ1) is 14.2. The Morgan fingerprint density at radius 1 is 0.452 bits per heavy atom. The molecule has 0 saturated heterocycles. The van der Waals surface area contributed by atoms with Crippen molar-refractivity contribution in [2.45, 2.75) is 77.1 Å². The van der Waals surface area contributed by atoms with Gasteiger partial charge >= 0.3 is 198 Å². The zero-order valence-electron chi connectivity index (χ0n) is 22.0. The minimum absolute atomic E-state index is 1.17. The molecule has 0 spiro atoms. The normalized spacial score (nSPS) is 14.8. The van der Waals surface area contributed by atoms with Crippen molar-refractivity contribution < 1.29 is 0 Å². The third kappa shape index (κ3) is 7.25. The molecule has 0 saturated carbocycles. The fourth-order valence-electron chi connectivity index (χ4n) is 4.71. The summed E-state index contributed by atoms with van der Waals surface area (Å²) in [4.78, 5) is 0. The standard InChI is InChI=1S/C27H49PSi3/c1-29(2,3)23-20-28(21-24-30(4,5)6,22-25-31(7,8)9,26-16-12-10-13-17-26)27-18-14-11-15-19-27/h10-19H,20-25H2,1-9H3. The van der Waals surface area contributed by atoms with Gasteiger partial charge in [-0.1, -0.05) is 0 Å². The van der Waals surface area contributed by atoms with Crippen molar-refractivity contribution in [1.82, 2.24) is 0 Å². The van der Waals surface area contributed by atoms with Gasteiger partial charge < -0.3 is 0 Å². The summed E-state index contributed by atoms with van der Waals surface area (Å²) in [6.07, 6.45) is 4.26. The molecule has 0 aliphatic rings. The predicted octanol–water partition coefficient (Wildman–Crippen LogP) is 8.21. The van der Waals surface area contributed by atoms with Crippen LogP contribution in [0.25, 0.3) is 0 Å². The van der Waals surface area contributed by atoms with Gasteiger partial charge in [0.1, 0.15) is 0 Å². The van der Waals surface area contributed by atoms with E-state index in [9.17, 15) is 0 Å². The first kappa shape index (κ1) is 26.8. The number of rotatable bonds is 11. The van der Waals surface area contributed by atoms with Crippen molar-refractivity contribution in [1.29, 1.82) is 0 Å². The molecule has 0 radical (unpaired) electrons. The van der Waals surface area contributed by atoms with E-state index in [1.165, 1.54) is 36.6 Å². The second-order valence-electron chi connectivity index (χ2n) is 13.5. The molecule has 2 aromatic rings. The van der Waals surface area contributed by atoms with Crippen molar-refractivity contribution in [3.05, 3.63) is 60.7 Å². The third-order valence-corrected chi connectivity index (χ3v) is 20.8. The molecular formula is C27H49PSi3. The molecule has 174 valence electrons. The average Bonchev–Trinajstić information content (AvgIpc) is 2.68. The summed E-state index contributed by atoms with van der Waals surface area (Å²) in [5, 5.41) is 3.41. The van der Waals surface area contributed by atoms with E-state index >= 15 is 0 Å². The summed E-state index contributed by atoms with van der Waals surface area (Å²) in [5.41, 5.74) is 0. The van der Waals surface area contributed by atoms with Crippen LogP contribution >= 0.6 is 6.60 Å². The predicted molar refractivity (Wildman–Crippen MR) is 158 cm³/mol. The molecule has 0 aliphatic carbocycles. The topological polar surface area (TPSA) is 0 Å². The van der Waals surface area contributed by atoms with Crippen LogP contribution in [-0.4, -0.2) is 42.7 Å². The van der Waals surface area contributed by atoms with Crippen LogP contribution in [0.1, 0.15) is 0 Å². The van der Waals surface area contributed by atoms with E-state index in [0.29, 0.717) is 0 Å². The van der Waals surface area contributed by atoms with Crippen molar-refractivity contribution in [3.63, 3.8) is 0 Å². The van der Waals surface area contributed by atoms with Crippen LogP contribution < -0.4 is 10.6 Å². The van der Waals surface area contributed by atoms with Crippen LogP contribution in [0.4, 0.5) is 0 Å². The molecule has 4 heteroatoms. The van der Waals surface area contributed by atoms with E-state index < -0.39 is 30.8 Å². The average molecular weight is 489 g/mol. The summed E-state index contributed by atoms with van der Waals surface area (Å²) < 4.78 is 0. The first-order valence-corrected chi connectivity index (χ1v) is 26.2. The van der Waals surface area contributed by atoms with E-state index in [2.05, 4.69) is 120 Å². The maximum atomic E-state index is 2.57. The Kier molecular flexibility index (Phi) is 8.46. The van der Waals surface area contributed by atoms with Gasteiger partial charge in [0.2, 0.25) is 0 Å². The summed E-state index contributed by atoms with van der Waals surface area (Å²) >= 11 is 0. The monoisotopic (exact) mass is 488 g/mol. The fraction of sp³-hybridized carbons (Fsp3) is 0.556. The van der Waals surface area contributed by atoms with Gasteiger partial charge in [0, 0.05) is 0 Å². The van der Waals surface area contributed by atoms with Crippen LogP contribution in [0.15, 0.2) is 60.7 Å². The summed E-state index contributed by atoms with van der Waals surface area (Å²) in [5.74, 6) is 0. The Bertz CT molecular complexity index is 720. The Morgan fingerprint density at radius 3 is 0.935 bits per heavy atom. The Morgan fingerprint density at radius 2 is 0.710 bits per heavy atom. The molecule has 0 aromatic heterocycles. The Labute approximate surface area is 197 Å². The van der Waals surface area contributed by atoms with E-state index in [-0.39, 0.29) is 0 Å². The Balaban J connectivity index is 2.85. The molecule has 2 aromatic carbocycles. The van der Waals surface area contributed by atoms with Crippen LogP contribution in [0.2, 0.25) is 77.1 Å². The van der Waals surface area contributed by atoms with Crippen LogP contribution in [0.5, 0.6) is 0 Å². The molecule has 0 nitrogen and oxygen atoms in total. The van der Waals surface area contributed by atoms with Gasteiger partial charge in [-0.15, -0.1) is 0 Å². The second kappa shape index (κ2) is 9.79. The van der Waals surface area contributed by atoms with Gasteiger partial charge in [-0.3, -0.25) is 0 Å². The SMILES string of the molecule is C[Si](C)(C)CCP(CC[Si](C)(C)C)(CC[Si](C)(C)C)(c1ccccc1)c1ccccc1. The van der Waals surface area contributed by atoms with Crippen LogP contribution in [0, 0.1) is 0 Å². The minimum atomic E-state index is -2.34. The third-order valence-electron chi connectivity index (χ3n) is 7.07. The van der Waals surface area contributed by atoms with E-state index in [0.717, 1.165) is 0 Å². The maximum absolute atomic E-state index is 2.57. The molecule has 0 heterocycles. The molecule has 0 bridgehead atoms. The van der Waals surface area contributed by atoms with Crippen LogP contribution in [-0.2, 0) is 0 Å². The molecule has 2 rings (SSSR count). The van der Waals surface area contributed by atoms with Gasteiger partial charge in [0.05, 0.1) is 0 Å².